The summed E-state index contributed by atoms with van der Waals surface area (Å²) >= 11 is 1.34. The number of benzene rings is 1. The van der Waals surface area contributed by atoms with E-state index >= 15 is 0 Å². The highest BCUT2D eigenvalue weighted by Gasteiger charge is 2.56. The fraction of sp³-hybridized carbons (Fsp3) is 0.450. The Bertz CT molecular complexity index is 1080. The molecule has 172 valence electrons. The molecule has 1 fully saturated rings. The zero-order valence-electron chi connectivity index (χ0n) is 17.0. The number of ether oxygens (including phenoxy) is 3. The van der Waals surface area contributed by atoms with Crippen LogP contribution in [0.4, 0.5) is 10.2 Å². The first kappa shape index (κ1) is 22.9. The van der Waals surface area contributed by atoms with Crippen LogP contribution in [0.15, 0.2) is 29.2 Å². The van der Waals surface area contributed by atoms with E-state index < -0.39 is 40.3 Å². The van der Waals surface area contributed by atoms with Gasteiger partial charge in [-0.3, -0.25) is 9.36 Å². The zero-order valence-corrected chi connectivity index (χ0v) is 19.1. The summed E-state index contributed by atoms with van der Waals surface area (Å²) in [5, 5.41) is 21.8. The van der Waals surface area contributed by atoms with Crippen LogP contribution in [-0.4, -0.2) is 61.4 Å². The number of aliphatic hydroxyl groups is 2. The molecule has 2 aliphatic heterocycles. The van der Waals surface area contributed by atoms with Crippen molar-refractivity contribution >= 4 is 34.3 Å². The molecule has 1 aromatic heterocycles. The van der Waals surface area contributed by atoms with Crippen molar-refractivity contribution in [3.8, 4) is 11.5 Å². The van der Waals surface area contributed by atoms with Crippen LogP contribution in [-0.2, 0) is 11.2 Å². The number of carbonyl (C=O) groups excluding carboxylic acids is 1. The molecule has 4 rings (SSSR count). The Labute approximate surface area is 195 Å². The lowest BCUT2D eigenvalue weighted by Gasteiger charge is -2.23. The van der Waals surface area contributed by atoms with Gasteiger partial charge in [-0.2, -0.15) is 4.98 Å². The summed E-state index contributed by atoms with van der Waals surface area (Å²) in [6.07, 6.45) is -2.48. The standard InChI is InChI=1S/C20H21FIN3O7/c1-2-10-7-11(8-12-15(10)31-6-5-30-12)17(28)23-14-3-4-25(19(29)24-14)18-20(21,22)16(27)13(9-26)32-18/h3-4,7-8,13,16,18,26-27H,2,5-6,9H2,1H3,(H,23,24,28,29)/t13-,16-,18?,20?/m1/s1. The van der Waals surface area contributed by atoms with Crippen LogP contribution in [0.5, 0.6) is 11.5 Å². The van der Waals surface area contributed by atoms with Gasteiger partial charge in [0, 0.05) is 11.8 Å². The van der Waals surface area contributed by atoms with E-state index in [1.54, 1.807) is 12.1 Å². The van der Waals surface area contributed by atoms with Gasteiger partial charge in [-0.05, 0) is 52.8 Å². The van der Waals surface area contributed by atoms with Gasteiger partial charge in [-0.25, -0.2) is 9.18 Å². The van der Waals surface area contributed by atoms with Crippen molar-refractivity contribution in [2.75, 3.05) is 25.1 Å². The molecule has 4 atom stereocenters. The number of hydrogen-bond acceptors (Lipinski definition) is 8. The highest BCUT2D eigenvalue weighted by molar-refractivity contribution is 14.1. The van der Waals surface area contributed by atoms with E-state index in [1.165, 1.54) is 34.9 Å². The average molecular weight is 561 g/mol. The molecule has 0 aliphatic carbocycles. The molecule has 1 amide bonds. The third-order valence-corrected chi connectivity index (χ3v) is 6.42. The number of hydrogen-bond donors (Lipinski definition) is 3. The fourth-order valence-electron chi connectivity index (χ4n) is 3.59. The highest BCUT2D eigenvalue weighted by Crippen LogP contribution is 2.45. The number of halogens is 2. The Morgan fingerprint density at radius 1 is 1.41 bits per heavy atom. The number of rotatable bonds is 5. The van der Waals surface area contributed by atoms with E-state index in [-0.39, 0.29) is 5.82 Å². The number of aromatic nitrogens is 2. The van der Waals surface area contributed by atoms with Crippen molar-refractivity contribution in [2.45, 2.75) is 35.5 Å². The second-order valence-electron chi connectivity index (χ2n) is 7.30. The van der Waals surface area contributed by atoms with Gasteiger partial charge >= 0.3 is 5.69 Å². The molecule has 2 aliphatic rings. The number of alkyl halides is 2. The predicted molar refractivity (Wildman–Crippen MR) is 118 cm³/mol. The number of amides is 1. The molecule has 0 spiro atoms. The maximum absolute atomic E-state index is 14.9. The minimum absolute atomic E-state index is 0.0423. The third-order valence-electron chi connectivity index (χ3n) is 5.25. The fourth-order valence-corrected chi connectivity index (χ4v) is 4.44. The smallest absolute Gasteiger partial charge is 0.351 e. The quantitative estimate of drug-likeness (QED) is 0.367. The van der Waals surface area contributed by atoms with Crippen LogP contribution >= 0.6 is 22.6 Å². The first-order valence-corrected chi connectivity index (χ1v) is 11.0. The lowest BCUT2D eigenvalue weighted by Crippen LogP contribution is -2.40. The van der Waals surface area contributed by atoms with Gasteiger partial charge < -0.3 is 29.7 Å². The minimum atomic E-state index is -2.36. The molecule has 0 saturated carbocycles. The van der Waals surface area contributed by atoms with Gasteiger partial charge in [0.1, 0.15) is 31.2 Å². The molecule has 2 aromatic rings. The van der Waals surface area contributed by atoms with Crippen LogP contribution in [0.2, 0.25) is 0 Å². The second kappa shape index (κ2) is 8.92. The Kier molecular flexibility index (Phi) is 6.38. The number of aryl methyl sites for hydroxylation is 1. The SMILES string of the molecule is CCc1cc(C(=O)Nc2ccn(C3O[C@H](CO)[C@@H](O)C3(F)I)c(=O)n2)cc2c1OCCO2. The molecular formula is C20H21FIN3O7. The van der Waals surface area contributed by atoms with Crippen LogP contribution in [0, 0.1) is 0 Å². The van der Waals surface area contributed by atoms with E-state index in [9.17, 15) is 24.2 Å². The van der Waals surface area contributed by atoms with Crippen molar-refractivity contribution in [1.82, 2.24) is 9.55 Å². The van der Waals surface area contributed by atoms with Gasteiger partial charge in [-0.1, -0.05) is 6.92 Å². The van der Waals surface area contributed by atoms with Crippen LogP contribution in [0.25, 0.3) is 0 Å². The highest BCUT2D eigenvalue weighted by atomic mass is 127. The maximum atomic E-state index is 14.9. The number of anilines is 1. The zero-order chi connectivity index (χ0) is 23.0. The molecule has 3 heterocycles. The first-order valence-electron chi connectivity index (χ1n) is 9.91. The summed E-state index contributed by atoms with van der Waals surface area (Å²) in [5.74, 6) is 0.535. The van der Waals surface area contributed by atoms with Crippen molar-refractivity contribution in [3.63, 3.8) is 0 Å². The molecule has 0 bridgehead atoms. The lowest BCUT2D eigenvalue weighted by atomic mass is 10.1. The number of nitrogens with zero attached hydrogens (tertiary/aromatic N) is 2. The summed E-state index contributed by atoms with van der Waals surface area (Å²) in [5.41, 5.74) is 0.223. The number of carbonyl (C=O) groups is 1. The summed E-state index contributed by atoms with van der Waals surface area (Å²) in [6.45, 7) is 2.13. The topological polar surface area (TPSA) is 132 Å². The normalized spacial score (nSPS) is 26.7. The van der Waals surface area contributed by atoms with Gasteiger partial charge in [0.05, 0.1) is 6.61 Å². The molecule has 12 heteroatoms. The summed E-state index contributed by atoms with van der Waals surface area (Å²) in [7, 11) is 0. The molecule has 32 heavy (non-hydrogen) atoms. The lowest BCUT2D eigenvalue weighted by molar-refractivity contribution is -0.0499. The Balaban J connectivity index is 1.56. The summed E-state index contributed by atoms with van der Waals surface area (Å²) in [4.78, 5) is 29.0. The van der Waals surface area contributed by atoms with Crippen LogP contribution in [0.1, 0.15) is 29.1 Å². The third kappa shape index (κ3) is 4.07. The average Bonchev–Trinajstić information content (AvgIpc) is 3.01. The van der Waals surface area contributed by atoms with E-state index in [0.29, 0.717) is 36.7 Å². The van der Waals surface area contributed by atoms with E-state index in [0.717, 1.165) is 10.1 Å². The number of nitrogens with one attached hydrogen (secondary N) is 1. The van der Waals surface area contributed by atoms with Gasteiger partial charge in [0.15, 0.2) is 17.7 Å². The largest absolute Gasteiger partial charge is 0.486 e. The van der Waals surface area contributed by atoms with Gasteiger partial charge in [-0.15, -0.1) is 0 Å². The van der Waals surface area contributed by atoms with Crippen molar-refractivity contribution in [1.29, 1.82) is 0 Å². The molecule has 1 aromatic carbocycles. The van der Waals surface area contributed by atoms with Crippen LogP contribution in [0.3, 0.4) is 0 Å². The van der Waals surface area contributed by atoms with Crippen molar-refractivity contribution < 1.29 is 33.6 Å². The van der Waals surface area contributed by atoms with E-state index in [2.05, 4.69) is 10.3 Å². The molecule has 10 nitrogen and oxygen atoms in total. The Hall–Kier alpha value is -2.29. The summed E-state index contributed by atoms with van der Waals surface area (Å²) in [6, 6.07) is 4.55. The monoisotopic (exact) mass is 561 g/mol. The number of fused-ring (bicyclic) bond motifs is 1. The second-order valence-corrected chi connectivity index (χ2v) is 8.95. The van der Waals surface area contributed by atoms with Crippen LogP contribution < -0.4 is 20.5 Å². The van der Waals surface area contributed by atoms with E-state index in [4.69, 9.17) is 14.2 Å². The minimum Gasteiger partial charge on any atom is -0.486 e. The molecule has 2 unspecified atom stereocenters. The Morgan fingerprint density at radius 2 is 2.16 bits per heavy atom. The summed E-state index contributed by atoms with van der Waals surface area (Å²) < 4.78 is 29.9. The first-order chi connectivity index (χ1) is 15.3. The van der Waals surface area contributed by atoms with Gasteiger partial charge in [0.2, 0.25) is 3.68 Å². The predicted octanol–water partition coefficient (Wildman–Crippen LogP) is 1.18. The molecular weight excluding hydrogens is 540 g/mol. The van der Waals surface area contributed by atoms with Crippen molar-refractivity contribution in [2.24, 2.45) is 0 Å². The molecule has 0 radical (unpaired) electrons. The van der Waals surface area contributed by atoms with Gasteiger partial charge in [0.25, 0.3) is 5.91 Å². The van der Waals surface area contributed by atoms with Crippen molar-refractivity contribution in [3.05, 3.63) is 46.0 Å². The molecule has 3 N–H and O–H groups in total. The Morgan fingerprint density at radius 3 is 2.81 bits per heavy atom. The number of aliphatic hydroxyl groups excluding tert-OH is 2. The van der Waals surface area contributed by atoms with E-state index in [1.807, 2.05) is 6.92 Å². The maximum Gasteiger partial charge on any atom is 0.351 e. The molecule has 1 saturated heterocycles.